The molecule has 2 fully saturated rings. The minimum Gasteiger partial charge on any atom is -0.399 e. The SMILES string of the molecule is Nc1ccc(F)c(N2C(N)SCC3(F)COCC23)c1. The van der Waals surface area contributed by atoms with Crippen molar-refractivity contribution >= 4 is 23.1 Å². The highest BCUT2D eigenvalue weighted by Crippen LogP contribution is 2.42. The van der Waals surface area contributed by atoms with Crippen LogP contribution in [0.15, 0.2) is 18.2 Å². The van der Waals surface area contributed by atoms with E-state index in [1.54, 1.807) is 4.90 Å². The number of nitrogens with zero attached hydrogens (tertiary/aromatic N) is 1. The van der Waals surface area contributed by atoms with Crippen LogP contribution in [0.3, 0.4) is 0 Å². The zero-order valence-corrected chi connectivity index (χ0v) is 11.0. The van der Waals surface area contributed by atoms with Crippen molar-refractivity contribution in [1.29, 1.82) is 0 Å². The molecule has 0 radical (unpaired) electrons. The number of nitrogen functional groups attached to an aromatic ring is 1. The first-order valence-electron chi connectivity index (χ1n) is 5.98. The van der Waals surface area contributed by atoms with Crippen LogP contribution in [-0.2, 0) is 4.74 Å². The molecule has 3 unspecified atom stereocenters. The number of anilines is 2. The lowest BCUT2D eigenvalue weighted by Crippen LogP contribution is -2.61. The van der Waals surface area contributed by atoms with Crippen molar-refractivity contribution in [2.24, 2.45) is 5.73 Å². The van der Waals surface area contributed by atoms with Gasteiger partial charge < -0.3 is 21.1 Å². The Hall–Kier alpha value is -1.05. The Morgan fingerprint density at radius 2 is 2.26 bits per heavy atom. The van der Waals surface area contributed by atoms with E-state index in [0.29, 0.717) is 5.69 Å². The molecule has 0 aliphatic carbocycles. The smallest absolute Gasteiger partial charge is 0.165 e. The van der Waals surface area contributed by atoms with Crippen LogP contribution in [0.25, 0.3) is 0 Å². The molecular formula is C12H15F2N3OS. The van der Waals surface area contributed by atoms with Crippen LogP contribution in [0, 0.1) is 5.82 Å². The van der Waals surface area contributed by atoms with Crippen LogP contribution in [0.5, 0.6) is 0 Å². The van der Waals surface area contributed by atoms with E-state index in [9.17, 15) is 8.78 Å². The first kappa shape index (κ1) is 13.0. The van der Waals surface area contributed by atoms with Gasteiger partial charge in [0.05, 0.1) is 24.9 Å². The minimum atomic E-state index is -1.49. The summed E-state index contributed by atoms with van der Waals surface area (Å²) in [5.41, 5.74) is 10.3. The van der Waals surface area contributed by atoms with Crippen molar-refractivity contribution in [3.8, 4) is 0 Å². The first-order chi connectivity index (χ1) is 9.01. The third-order valence-electron chi connectivity index (χ3n) is 3.57. The van der Waals surface area contributed by atoms with Crippen LogP contribution >= 0.6 is 11.8 Å². The van der Waals surface area contributed by atoms with Crippen LogP contribution in [0.4, 0.5) is 20.2 Å². The standard InChI is InChI=1S/C12H15F2N3OS/c13-8-2-1-7(15)3-9(8)17-10-4-18-5-12(10,14)6-19-11(17)16/h1-3,10-11H,4-6,15-16H2. The third-order valence-corrected chi connectivity index (χ3v) is 4.78. The lowest BCUT2D eigenvalue weighted by molar-refractivity contribution is 0.124. The summed E-state index contributed by atoms with van der Waals surface area (Å²) in [5, 5.41) is 0. The molecule has 19 heavy (non-hydrogen) atoms. The summed E-state index contributed by atoms with van der Waals surface area (Å²) in [5.74, 6) is -0.194. The highest BCUT2D eigenvalue weighted by Gasteiger charge is 2.53. The maximum absolute atomic E-state index is 14.7. The van der Waals surface area contributed by atoms with Gasteiger partial charge in [0.25, 0.3) is 0 Å². The van der Waals surface area contributed by atoms with Gasteiger partial charge in [-0.15, -0.1) is 11.8 Å². The maximum Gasteiger partial charge on any atom is 0.165 e. The number of halogens is 2. The second-order valence-electron chi connectivity index (χ2n) is 4.89. The number of fused-ring (bicyclic) bond motifs is 1. The van der Waals surface area contributed by atoms with Crippen LogP contribution in [-0.4, -0.2) is 36.2 Å². The van der Waals surface area contributed by atoms with Gasteiger partial charge in [0, 0.05) is 11.4 Å². The lowest BCUT2D eigenvalue weighted by atomic mass is 10.00. The lowest BCUT2D eigenvalue weighted by Gasteiger charge is -2.44. The van der Waals surface area contributed by atoms with Gasteiger partial charge in [-0.3, -0.25) is 0 Å². The summed E-state index contributed by atoms with van der Waals surface area (Å²) >= 11 is 1.25. The Morgan fingerprint density at radius 3 is 3.05 bits per heavy atom. The molecule has 0 bridgehead atoms. The highest BCUT2D eigenvalue weighted by atomic mass is 32.2. The molecule has 104 valence electrons. The van der Waals surface area contributed by atoms with Crippen molar-refractivity contribution in [1.82, 2.24) is 0 Å². The van der Waals surface area contributed by atoms with Crippen molar-refractivity contribution in [2.45, 2.75) is 17.2 Å². The molecule has 0 spiro atoms. The maximum atomic E-state index is 14.7. The number of rotatable bonds is 1. The normalized spacial score (nSPS) is 34.4. The van der Waals surface area contributed by atoms with E-state index in [4.69, 9.17) is 16.2 Å². The van der Waals surface area contributed by atoms with Crippen molar-refractivity contribution in [2.75, 3.05) is 29.6 Å². The van der Waals surface area contributed by atoms with E-state index in [2.05, 4.69) is 0 Å². The fraction of sp³-hybridized carbons (Fsp3) is 0.500. The zero-order chi connectivity index (χ0) is 13.6. The van der Waals surface area contributed by atoms with Gasteiger partial charge in [0.1, 0.15) is 11.3 Å². The molecule has 4 nitrogen and oxygen atoms in total. The fourth-order valence-electron chi connectivity index (χ4n) is 2.57. The number of ether oxygens (including phenoxy) is 1. The van der Waals surface area contributed by atoms with Gasteiger partial charge in [-0.05, 0) is 18.2 Å². The van der Waals surface area contributed by atoms with E-state index < -0.39 is 23.0 Å². The number of nitrogens with two attached hydrogens (primary N) is 2. The Kier molecular flexibility index (Phi) is 3.07. The van der Waals surface area contributed by atoms with Gasteiger partial charge in [0.2, 0.25) is 0 Å². The number of thioether (sulfide) groups is 1. The fourth-order valence-corrected chi connectivity index (χ4v) is 3.71. The molecule has 3 atom stereocenters. The summed E-state index contributed by atoms with van der Waals surface area (Å²) in [6.07, 6.45) is 0. The summed E-state index contributed by atoms with van der Waals surface area (Å²) in [6.45, 7) is 0.233. The second kappa shape index (κ2) is 4.50. The van der Waals surface area contributed by atoms with Gasteiger partial charge in [0.15, 0.2) is 5.67 Å². The molecule has 2 aliphatic heterocycles. The topological polar surface area (TPSA) is 64.5 Å². The largest absolute Gasteiger partial charge is 0.399 e. The number of hydrogen-bond donors (Lipinski definition) is 2. The predicted octanol–water partition coefficient (Wildman–Crippen LogP) is 1.31. The number of hydrogen-bond acceptors (Lipinski definition) is 5. The van der Waals surface area contributed by atoms with Crippen LogP contribution in [0.2, 0.25) is 0 Å². The number of benzene rings is 1. The van der Waals surface area contributed by atoms with Crippen molar-refractivity contribution in [3.63, 3.8) is 0 Å². The molecule has 0 amide bonds. The van der Waals surface area contributed by atoms with Gasteiger partial charge in [-0.2, -0.15) is 0 Å². The molecule has 2 saturated heterocycles. The average molecular weight is 287 g/mol. The van der Waals surface area contributed by atoms with E-state index in [1.165, 1.54) is 30.0 Å². The van der Waals surface area contributed by atoms with Gasteiger partial charge in [-0.1, -0.05) is 0 Å². The van der Waals surface area contributed by atoms with E-state index in [-0.39, 0.29) is 24.7 Å². The van der Waals surface area contributed by atoms with Crippen LogP contribution in [0.1, 0.15) is 0 Å². The van der Waals surface area contributed by atoms with E-state index in [1.807, 2.05) is 0 Å². The number of alkyl halides is 1. The Bertz CT molecular complexity index is 504. The molecule has 1 aromatic carbocycles. The van der Waals surface area contributed by atoms with E-state index >= 15 is 0 Å². The molecule has 1 aromatic rings. The van der Waals surface area contributed by atoms with E-state index in [0.717, 1.165) is 0 Å². The summed E-state index contributed by atoms with van der Waals surface area (Å²) < 4.78 is 33.9. The summed E-state index contributed by atoms with van der Waals surface area (Å²) in [7, 11) is 0. The molecule has 0 saturated carbocycles. The molecular weight excluding hydrogens is 272 g/mol. The van der Waals surface area contributed by atoms with Crippen molar-refractivity contribution in [3.05, 3.63) is 24.0 Å². The van der Waals surface area contributed by atoms with Crippen LogP contribution < -0.4 is 16.4 Å². The minimum absolute atomic E-state index is 0.0256. The molecule has 2 aliphatic rings. The Morgan fingerprint density at radius 1 is 1.47 bits per heavy atom. The predicted molar refractivity (Wildman–Crippen MR) is 72.2 cm³/mol. The monoisotopic (exact) mass is 287 g/mol. The molecule has 2 heterocycles. The molecule has 0 aromatic heterocycles. The average Bonchev–Trinajstić information content (AvgIpc) is 2.75. The molecule has 3 rings (SSSR count). The molecule has 7 heteroatoms. The highest BCUT2D eigenvalue weighted by molar-refractivity contribution is 8.00. The quantitative estimate of drug-likeness (QED) is 0.763. The Labute approximate surface area is 114 Å². The first-order valence-corrected chi connectivity index (χ1v) is 7.03. The van der Waals surface area contributed by atoms with Gasteiger partial charge in [-0.25, -0.2) is 8.78 Å². The third kappa shape index (κ3) is 2.05. The Balaban J connectivity index is 2.03. The zero-order valence-electron chi connectivity index (χ0n) is 10.2. The second-order valence-corrected chi connectivity index (χ2v) is 5.99. The van der Waals surface area contributed by atoms with Crippen molar-refractivity contribution < 1.29 is 13.5 Å². The molecule has 4 N–H and O–H groups in total. The summed E-state index contributed by atoms with van der Waals surface area (Å²) in [6, 6.07) is 3.65. The van der Waals surface area contributed by atoms with Gasteiger partial charge >= 0.3 is 0 Å². The summed E-state index contributed by atoms with van der Waals surface area (Å²) in [4.78, 5) is 1.55.